The number of hydrogen-bond donors (Lipinski definition) is 1. The van der Waals surface area contributed by atoms with Gasteiger partial charge in [-0.1, -0.05) is 26.0 Å². The number of carbonyl (C=O) groups is 1. The second kappa shape index (κ2) is 9.16. The lowest BCUT2D eigenvalue weighted by Gasteiger charge is -2.30. The van der Waals surface area contributed by atoms with Crippen molar-refractivity contribution in [1.29, 1.82) is 0 Å². The Hall–Kier alpha value is -3.13. The topological polar surface area (TPSA) is 80.9 Å². The second-order valence-corrected chi connectivity index (χ2v) is 8.68. The van der Waals surface area contributed by atoms with Crippen LogP contribution in [0.25, 0.3) is 5.65 Å². The zero-order valence-electron chi connectivity index (χ0n) is 19.2. The Bertz CT molecular complexity index is 1180. The number of carbonyl (C=O) groups excluding carboxylic acids is 1. The maximum Gasteiger partial charge on any atom is 0.279 e. The van der Waals surface area contributed by atoms with Crippen molar-refractivity contribution in [2.24, 2.45) is 5.92 Å². The van der Waals surface area contributed by atoms with Gasteiger partial charge in [-0.15, -0.1) is 0 Å². The van der Waals surface area contributed by atoms with Crippen LogP contribution in [0.15, 0.2) is 35.3 Å². The summed E-state index contributed by atoms with van der Waals surface area (Å²) in [4.78, 5) is 28.4. The molecule has 8 nitrogen and oxygen atoms in total. The summed E-state index contributed by atoms with van der Waals surface area (Å²) in [6, 6.07) is 8.02. The third-order valence-corrected chi connectivity index (χ3v) is 5.97. The lowest BCUT2D eigenvalue weighted by atomic mass is 10.0. The Labute approximate surface area is 187 Å². The number of methoxy groups -OCH3 is 1. The van der Waals surface area contributed by atoms with E-state index >= 15 is 0 Å². The van der Waals surface area contributed by atoms with E-state index in [9.17, 15) is 9.59 Å². The molecule has 0 saturated carbocycles. The van der Waals surface area contributed by atoms with E-state index in [0.29, 0.717) is 36.8 Å². The zero-order chi connectivity index (χ0) is 22.8. The highest BCUT2D eigenvalue weighted by atomic mass is 16.5. The Morgan fingerprint density at radius 1 is 1.25 bits per heavy atom. The highest BCUT2D eigenvalue weighted by Gasteiger charge is 2.27. The van der Waals surface area contributed by atoms with Gasteiger partial charge in [0.1, 0.15) is 11.3 Å². The minimum atomic E-state index is -0.188. The average molecular weight is 438 g/mol. The molecule has 0 radical (unpaired) electrons. The normalized spacial score (nSPS) is 14.0. The number of nitrogens with one attached hydrogen (secondary N) is 1. The van der Waals surface area contributed by atoms with Crippen molar-refractivity contribution in [1.82, 2.24) is 24.4 Å². The number of aryl methyl sites for hydroxylation is 1. The molecule has 0 atom stereocenters. The van der Waals surface area contributed by atoms with Gasteiger partial charge in [-0.2, -0.15) is 9.61 Å². The Balaban J connectivity index is 1.66. The number of benzene rings is 1. The van der Waals surface area contributed by atoms with Crippen molar-refractivity contribution >= 4 is 11.6 Å². The van der Waals surface area contributed by atoms with Gasteiger partial charge in [0.05, 0.1) is 18.9 Å². The molecule has 3 heterocycles. The average Bonchev–Trinajstić information content (AvgIpc) is 3.24. The highest BCUT2D eigenvalue weighted by Crippen LogP contribution is 2.22. The van der Waals surface area contributed by atoms with Crippen molar-refractivity contribution in [3.63, 3.8) is 0 Å². The Morgan fingerprint density at radius 2 is 2.00 bits per heavy atom. The quantitative estimate of drug-likeness (QED) is 0.614. The van der Waals surface area contributed by atoms with Gasteiger partial charge in [0.25, 0.3) is 11.5 Å². The Morgan fingerprint density at radius 3 is 2.66 bits per heavy atom. The largest absolute Gasteiger partial charge is 0.497 e. The van der Waals surface area contributed by atoms with Crippen LogP contribution in [0.5, 0.6) is 5.75 Å². The summed E-state index contributed by atoms with van der Waals surface area (Å²) in [5, 5.41) is 7.25. The second-order valence-electron chi connectivity index (χ2n) is 8.68. The summed E-state index contributed by atoms with van der Waals surface area (Å²) < 4.78 is 8.71. The predicted octanol–water partition coefficient (Wildman–Crippen LogP) is 2.47. The fourth-order valence-electron chi connectivity index (χ4n) is 4.32. The molecule has 8 heteroatoms. The highest BCUT2D eigenvalue weighted by molar-refractivity contribution is 5.99. The third kappa shape index (κ3) is 4.14. The van der Waals surface area contributed by atoms with Gasteiger partial charge < -0.3 is 14.6 Å². The number of aromatic nitrogens is 3. The van der Waals surface area contributed by atoms with Crippen LogP contribution < -0.4 is 15.6 Å². The maximum absolute atomic E-state index is 13.3. The first-order valence-electron chi connectivity index (χ1n) is 11.2. The van der Waals surface area contributed by atoms with Crippen molar-refractivity contribution in [2.45, 2.75) is 46.8 Å². The maximum atomic E-state index is 13.3. The number of amides is 1. The lowest BCUT2D eigenvalue weighted by Crippen LogP contribution is -2.38. The smallest absolute Gasteiger partial charge is 0.279 e. The van der Waals surface area contributed by atoms with Crippen LogP contribution in [-0.4, -0.2) is 45.2 Å². The first kappa shape index (κ1) is 22.1. The van der Waals surface area contributed by atoms with Gasteiger partial charge in [0.2, 0.25) is 0 Å². The van der Waals surface area contributed by atoms with Crippen LogP contribution in [-0.2, 0) is 26.1 Å². The summed E-state index contributed by atoms with van der Waals surface area (Å²) >= 11 is 0. The van der Waals surface area contributed by atoms with E-state index in [-0.39, 0.29) is 11.5 Å². The summed E-state index contributed by atoms with van der Waals surface area (Å²) in [6.07, 6.45) is 2.27. The molecule has 32 heavy (non-hydrogen) atoms. The summed E-state index contributed by atoms with van der Waals surface area (Å²) in [7, 11) is 1.66. The first-order chi connectivity index (χ1) is 15.4. The summed E-state index contributed by atoms with van der Waals surface area (Å²) in [5.74, 6) is 0.990. The minimum Gasteiger partial charge on any atom is -0.497 e. The first-order valence-corrected chi connectivity index (χ1v) is 11.2. The molecule has 3 aromatic rings. The van der Waals surface area contributed by atoms with Crippen molar-refractivity contribution in [3.8, 4) is 5.75 Å². The van der Waals surface area contributed by atoms with Crippen molar-refractivity contribution in [2.75, 3.05) is 20.2 Å². The fourth-order valence-corrected chi connectivity index (χ4v) is 4.32. The van der Waals surface area contributed by atoms with E-state index in [1.807, 2.05) is 32.9 Å². The van der Waals surface area contributed by atoms with E-state index in [4.69, 9.17) is 4.74 Å². The van der Waals surface area contributed by atoms with Gasteiger partial charge in [-0.05, 0) is 30.5 Å². The molecule has 0 unspecified atom stereocenters. The van der Waals surface area contributed by atoms with Crippen molar-refractivity contribution < 1.29 is 9.53 Å². The SMILES string of the molecule is CCn1c2c(c(=O)n3ncc(C(=O)NCC(C)C)c13)CN(Cc1ccc(OC)cc1)CC2. The molecule has 0 spiro atoms. The molecule has 1 N–H and O–H groups in total. The summed E-state index contributed by atoms with van der Waals surface area (Å²) in [5.41, 5.74) is 3.84. The minimum absolute atomic E-state index is 0.137. The predicted molar refractivity (Wildman–Crippen MR) is 123 cm³/mol. The molecule has 0 bridgehead atoms. The Kier molecular flexibility index (Phi) is 6.32. The number of nitrogens with zero attached hydrogens (tertiary/aromatic N) is 4. The number of rotatable bonds is 7. The number of fused-ring (bicyclic) bond motifs is 2. The van der Waals surface area contributed by atoms with E-state index in [2.05, 4.69) is 32.0 Å². The van der Waals surface area contributed by atoms with E-state index < -0.39 is 0 Å². The van der Waals surface area contributed by atoms with Crippen LogP contribution in [0, 0.1) is 5.92 Å². The molecule has 1 aromatic carbocycles. The van der Waals surface area contributed by atoms with Gasteiger partial charge in [0, 0.05) is 44.8 Å². The van der Waals surface area contributed by atoms with Gasteiger partial charge >= 0.3 is 0 Å². The molecule has 0 saturated heterocycles. The van der Waals surface area contributed by atoms with Crippen LogP contribution in [0.1, 0.15) is 48.0 Å². The summed E-state index contributed by atoms with van der Waals surface area (Å²) in [6.45, 7) is 9.55. The van der Waals surface area contributed by atoms with E-state index in [1.54, 1.807) is 7.11 Å². The fraction of sp³-hybridized carbons (Fsp3) is 0.458. The van der Waals surface area contributed by atoms with E-state index in [0.717, 1.165) is 36.5 Å². The molecule has 170 valence electrons. The third-order valence-electron chi connectivity index (χ3n) is 5.97. The lowest BCUT2D eigenvalue weighted by molar-refractivity contribution is 0.0950. The van der Waals surface area contributed by atoms with Crippen molar-refractivity contribution in [3.05, 3.63) is 63.2 Å². The van der Waals surface area contributed by atoms with Crippen LogP contribution in [0.4, 0.5) is 0 Å². The van der Waals surface area contributed by atoms with Crippen LogP contribution in [0.3, 0.4) is 0 Å². The monoisotopic (exact) mass is 437 g/mol. The molecule has 1 aliphatic rings. The van der Waals surface area contributed by atoms with Gasteiger partial charge in [0.15, 0.2) is 5.65 Å². The zero-order valence-corrected chi connectivity index (χ0v) is 19.2. The number of ether oxygens (including phenoxy) is 1. The standard InChI is InChI=1S/C24H31N5O3/c1-5-28-21-10-11-27(14-17-6-8-18(32-4)9-7-17)15-20(21)24(31)29-23(28)19(13-26-29)22(30)25-12-16(2)3/h6-9,13,16H,5,10-12,14-15H2,1-4H3,(H,25,30). The molecule has 0 aliphatic carbocycles. The van der Waals surface area contributed by atoms with Crippen LogP contribution in [0.2, 0.25) is 0 Å². The van der Waals surface area contributed by atoms with Gasteiger partial charge in [-0.3, -0.25) is 14.5 Å². The van der Waals surface area contributed by atoms with Gasteiger partial charge in [-0.25, -0.2) is 0 Å². The van der Waals surface area contributed by atoms with Crippen LogP contribution >= 0.6 is 0 Å². The molecule has 0 fully saturated rings. The molecular formula is C24H31N5O3. The number of hydrogen-bond acceptors (Lipinski definition) is 5. The molecular weight excluding hydrogens is 406 g/mol. The molecule has 1 aliphatic heterocycles. The molecule has 1 amide bonds. The molecule has 4 rings (SSSR count). The van der Waals surface area contributed by atoms with E-state index in [1.165, 1.54) is 16.3 Å². The molecule has 2 aromatic heterocycles.